The summed E-state index contributed by atoms with van der Waals surface area (Å²) >= 11 is 0. The molecule has 0 radical (unpaired) electrons. The lowest BCUT2D eigenvalue weighted by molar-refractivity contribution is -0.135. The number of fused-ring (bicyclic) bond motifs is 2. The van der Waals surface area contributed by atoms with E-state index in [-0.39, 0.29) is 0 Å². The van der Waals surface area contributed by atoms with E-state index in [0.29, 0.717) is 17.2 Å². The molecule has 148 valence electrons. The van der Waals surface area contributed by atoms with Gasteiger partial charge in [0.1, 0.15) is 5.92 Å². The third-order valence-corrected chi connectivity index (χ3v) is 5.31. The van der Waals surface area contributed by atoms with Crippen molar-refractivity contribution in [3.05, 3.63) is 88.2 Å². The van der Waals surface area contributed by atoms with Crippen LogP contribution < -0.4 is 9.64 Å². The Bertz CT molecular complexity index is 1140. The largest absolute Gasteiger partial charge is 0.419 e. The number of anilines is 2. The van der Waals surface area contributed by atoms with Gasteiger partial charge in [0.05, 0.1) is 0 Å². The number of hydrogen-bond donors (Lipinski definition) is 0. The number of benzene rings is 3. The predicted octanol–water partition coefficient (Wildman–Crippen LogP) is 5.54. The molecule has 0 aromatic heterocycles. The summed E-state index contributed by atoms with van der Waals surface area (Å²) in [7, 11) is 1.90. The molecule has 0 aliphatic carbocycles. The van der Waals surface area contributed by atoms with Crippen LogP contribution in [-0.2, 0) is 4.79 Å². The summed E-state index contributed by atoms with van der Waals surface area (Å²) in [6.45, 7) is 3.79. The van der Waals surface area contributed by atoms with E-state index in [0.717, 1.165) is 28.6 Å². The molecule has 0 fully saturated rings. The molecule has 4 rings (SSSR count). The highest BCUT2D eigenvalue weighted by molar-refractivity contribution is 5.93. The van der Waals surface area contributed by atoms with Crippen LogP contribution in [0.25, 0.3) is 0 Å². The highest BCUT2D eigenvalue weighted by atomic mass is 19.2. The lowest BCUT2D eigenvalue weighted by Crippen LogP contribution is -2.30. The fourth-order valence-corrected chi connectivity index (χ4v) is 3.95. The first kappa shape index (κ1) is 19.1. The van der Waals surface area contributed by atoms with Crippen molar-refractivity contribution in [3.63, 3.8) is 0 Å². The van der Waals surface area contributed by atoms with Gasteiger partial charge in [0, 0.05) is 18.4 Å². The van der Waals surface area contributed by atoms with Crippen LogP contribution in [0.5, 0.6) is 5.75 Å². The van der Waals surface area contributed by atoms with Crippen molar-refractivity contribution in [1.29, 1.82) is 0 Å². The Morgan fingerprint density at radius 3 is 2.34 bits per heavy atom. The van der Waals surface area contributed by atoms with Crippen molar-refractivity contribution < 1.29 is 22.7 Å². The third-order valence-electron chi connectivity index (χ3n) is 5.31. The van der Waals surface area contributed by atoms with Gasteiger partial charge < -0.3 is 9.64 Å². The minimum atomic E-state index is -1.53. The topological polar surface area (TPSA) is 29.5 Å². The Balaban J connectivity index is 1.89. The standard InChI is InChI=1S/C23H18F3NO2/c1-12-8-9-13(2)21-18(12)19(14-6-4-5-7-17(14)27(21)3)23(28)29-22-16(25)11-10-15(24)20(22)26/h4-11,19H,1-3H3. The predicted molar refractivity (Wildman–Crippen MR) is 104 cm³/mol. The van der Waals surface area contributed by atoms with Gasteiger partial charge in [-0.2, -0.15) is 4.39 Å². The third kappa shape index (κ3) is 2.95. The number of carbonyl (C=O) groups excluding carboxylic acids is 1. The van der Waals surface area contributed by atoms with E-state index in [4.69, 9.17) is 4.74 Å². The van der Waals surface area contributed by atoms with Gasteiger partial charge in [-0.15, -0.1) is 0 Å². The maximum atomic E-state index is 14.1. The van der Waals surface area contributed by atoms with Crippen LogP contribution >= 0.6 is 0 Å². The van der Waals surface area contributed by atoms with Crippen LogP contribution in [0.3, 0.4) is 0 Å². The minimum Gasteiger partial charge on any atom is -0.419 e. The van der Waals surface area contributed by atoms with Crippen LogP contribution in [0.1, 0.15) is 28.2 Å². The smallest absolute Gasteiger partial charge is 0.323 e. The number of esters is 1. The fraction of sp³-hybridized carbons (Fsp3) is 0.174. The van der Waals surface area contributed by atoms with Gasteiger partial charge in [0.2, 0.25) is 11.6 Å². The van der Waals surface area contributed by atoms with Crippen LogP contribution in [0, 0.1) is 31.3 Å². The average molecular weight is 397 g/mol. The Morgan fingerprint density at radius 2 is 1.59 bits per heavy atom. The molecule has 1 heterocycles. The molecule has 3 aromatic rings. The summed E-state index contributed by atoms with van der Waals surface area (Å²) in [6, 6.07) is 12.5. The lowest BCUT2D eigenvalue weighted by atomic mass is 9.81. The molecule has 1 atom stereocenters. The van der Waals surface area contributed by atoms with Crippen molar-refractivity contribution in [2.24, 2.45) is 0 Å². The van der Waals surface area contributed by atoms with Gasteiger partial charge in [-0.3, -0.25) is 4.79 Å². The average Bonchev–Trinajstić information content (AvgIpc) is 2.71. The van der Waals surface area contributed by atoms with E-state index in [9.17, 15) is 18.0 Å². The quantitative estimate of drug-likeness (QED) is 0.323. The molecule has 3 nitrogen and oxygen atoms in total. The first-order chi connectivity index (χ1) is 13.8. The molecular weight excluding hydrogens is 379 g/mol. The van der Waals surface area contributed by atoms with Crippen LogP contribution in [0.15, 0.2) is 48.5 Å². The molecule has 1 aliphatic heterocycles. The highest BCUT2D eigenvalue weighted by Gasteiger charge is 2.37. The summed E-state index contributed by atoms with van der Waals surface area (Å²) < 4.78 is 46.8. The number of rotatable bonds is 2. The van der Waals surface area contributed by atoms with Gasteiger partial charge in [-0.05, 0) is 54.3 Å². The fourth-order valence-electron chi connectivity index (χ4n) is 3.95. The molecule has 0 spiro atoms. The molecule has 0 N–H and O–H groups in total. The first-order valence-electron chi connectivity index (χ1n) is 9.09. The zero-order valence-corrected chi connectivity index (χ0v) is 16.1. The number of halogens is 3. The molecule has 0 amide bonds. The Morgan fingerprint density at radius 1 is 0.931 bits per heavy atom. The summed E-state index contributed by atoms with van der Waals surface area (Å²) in [5.74, 6) is -6.76. The van der Waals surface area contributed by atoms with Gasteiger partial charge in [0.25, 0.3) is 0 Å². The maximum Gasteiger partial charge on any atom is 0.323 e. The second-order valence-corrected chi connectivity index (χ2v) is 7.11. The van der Waals surface area contributed by atoms with E-state index in [1.54, 1.807) is 12.1 Å². The molecule has 0 saturated heterocycles. The van der Waals surface area contributed by atoms with Gasteiger partial charge in [-0.1, -0.05) is 30.3 Å². The molecule has 0 bridgehead atoms. The number of nitrogens with zero attached hydrogens (tertiary/aromatic N) is 1. The first-order valence-corrected chi connectivity index (χ1v) is 9.09. The molecule has 1 unspecified atom stereocenters. The van der Waals surface area contributed by atoms with E-state index in [1.165, 1.54) is 0 Å². The summed E-state index contributed by atoms with van der Waals surface area (Å²) in [5.41, 5.74) is 4.77. The normalized spacial score (nSPS) is 15.0. The van der Waals surface area contributed by atoms with Gasteiger partial charge in [0.15, 0.2) is 11.6 Å². The van der Waals surface area contributed by atoms with E-state index < -0.39 is 35.1 Å². The summed E-state index contributed by atoms with van der Waals surface area (Å²) in [4.78, 5) is 15.2. The number of aryl methyl sites for hydroxylation is 2. The van der Waals surface area contributed by atoms with E-state index >= 15 is 0 Å². The highest BCUT2D eigenvalue weighted by Crippen LogP contribution is 2.48. The SMILES string of the molecule is Cc1ccc(C)c2c1C(C(=O)Oc1c(F)ccc(F)c1F)c1ccccc1N2C. The molecule has 6 heteroatoms. The monoisotopic (exact) mass is 397 g/mol. The Kier molecular flexibility index (Phi) is 4.57. The van der Waals surface area contributed by atoms with E-state index in [1.807, 2.05) is 50.1 Å². The number of para-hydroxylation sites is 1. The lowest BCUT2D eigenvalue weighted by Gasteiger charge is -2.36. The van der Waals surface area contributed by atoms with Crippen LogP contribution in [-0.4, -0.2) is 13.0 Å². The summed E-state index contributed by atoms with van der Waals surface area (Å²) in [5, 5.41) is 0. The van der Waals surface area contributed by atoms with Gasteiger partial charge in [-0.25, -0.2) is 8.78 Å². The van der Waals surface area contributed by atoms with Gasteiger partial charge >= 0.3 is 5.97 Å². The Labute approximate surface area is 166 Å². The second kappa shape index (κ2) is 6.95. The second-order valence-electron chi connectivity index (χ2n) is 7.11. The molecule has 3 aromatic carbocycles. The summed E-state index contributed by atoms with van der Waals surface area (Å²) in [6.07, 6.45) is 0. The zero-order valence-electron chi connectivity index (χ0n) is 16.1. The van der Waals surface area contributed by atoms with Crippen molar-refractivity contribution in [2.75, 3.05) is 11.9 Å². The molecular formula is C23H18F3NO2. The molecule has 29 heavy (non-hydrogen) atoms. The number of carbonyl (C=O) groups is 1. The van der Waals surface area contributed by atoms with Crippen molar-refractivity contribution in [2.45, 2.75) is 19.8 Å². The Hall–Kier alpha value is -3.28. The van der Waals surface area contributed by atoms with Crippen LogP contribution in [0.4, 0.5) is 24.5 Å². The van der Waals surface area contributed by atoms with Crippen molar-refractivity contribution in [3.8, 4) is 5.75 Å². The molecule has 0 saturated carbocycles. The number of ether oxygens (including phenoxy) is 1. The molecule has 1 aliphatic rings. The van der Waals surface area contributed by atoms with E-state index in [2.05, 4.69) is 0 Å². The zero-order chi connectivity index (χ0) is 20.9. The minimum absolute atomic E-state index is 0.648. The van der Waals surface area contributed by atoms with Crippen LogP contribution in [0.2, 0.25) is 0 Å². The van der Waals surface area contributed by atoms with Crippen molar-refractivity contribution in [1.82, 2.24) is 0 Å². The maximum absolute atomic E-state index is 14.1. The number of hydrogen-bond acceptors (Lipinski definition) is 3. The van der Waals surface area contributed by atoms with Crippen molar-refractivity contribution >= 4 is 17.3 Å².